The number of phenols is 1. The summed E-state index contributed by atoms with van der Waals surface area (Å²) in [5.74, 6) is 0.298. The van der Waals surface area contributed by atoms with E-state index in [1.54, 1.807) is 12.1 Å². The van der Waals surface area contributed by atoms with E-state index in [9.17, 15) is 5.11 Å². The molecule has 1 aliphatic rings. The average molecular weight is 254 g/mol. The van der Waals surface area contributed by atoms with Gasteiger partial charge in [0.25, 0.3) is 0 Å². The summed E-state index contributed by atoms with van der Waals surface area (Å²) in [5.41, 5.74) is 10.8. The highest BCUT2D eigenvalue weighted by Gasteiger charge is 2.28. The third kappa shape index (κ3) is 2.17. The number of hydrogen-bond donors (Lipinski definition) is 3. The Morgan fingerprint density at radius 3 is 2.63 bits per heavy atom. The van der Waals surface area contributed by atoms with Crippen LogP contribution in [-0.2, 0) is 0 Å². The van der Waals surface area contributed by atoms with Crippen LogP contribution in [0.15, 0.2) is 42.5 Å². The summed E-state index contributed by atoms with van der Waals surface area (Å²) in [7, 11) is 0. The first-order valence-corrected chi connectivity index (χ1v) is 6.55. The third-order valence-electron chi connectivity index (χ3n) is 3.80. The number of phenolic OH excluding ortho intramolecular Hbond substituents is 1. The Labute approximate surface area is 113 Å². The fraction of sp³-hybridized carbons (Fsp3) is 0.250. The van der Waals surface area contributed by atoms with Gasteiger partial charge >= 0.3 is 0 Å². The normalized spacial score (nSPS) is 21.2. The summed E-state index contributed by atoms with van der Waals surface area (Å²) in [6.45, 7) is 1.99. The quantitative estimate of drug-likeness (QED) is 0.721. The van der Waals surface area contributed by atoms with Gasteiger partial charge in [-0.2, -0.15) is 0 Å². The van der Waals surface area contributed by atoms with Crippen LogP contribution in [0.4, 0.5) is 5.69 Å². The largest absolute Gasteiger partial charge is 0.508 e. The molecule has 4 N–H and O–H groups in total. The lowest BCUT2D eigenvalue weighted by molar-refractivity contribution is 0.475. The Kier molecular flexibility index (Phi) is 2.91. The molecule has 2 aromatic carbocycles. The summed E-state index contributed by atoms with van der Waals surface area (Å²) < 4.78 is 0. The molecule has 3 nitrogen and oxygen atoms in total. The van der Waals surface area contributed by atoms with Crippen LogP contribution in [0, 0.1) is 6.92 Å². The highest BCUT2D eigenvalue weighted by Crippen LogP contribution is 2.39. The van der Waals surface area contributed by atoms with Crippen LogP contribution in [0.25, 0.3) is 0 Å². The fourth-order valence-electron chi connectivity index (χ4n) is 2.81. The summed E-state index contributed by atoms with van der Waals surface area (Å²) in [5, 5.41) is 13.0. The molecule has 0 bridgehead atoms. The van der Waals surface area contributed by atoms with Gasteiger partial charge in [0, 0.05) is 11.7 Å². The number of aryl methyl sites for hydroxylation is 1. The van der Waals surface area contributed by atoms with Crippen LogP contribution >= 0.6 is 0 Å². The van der Waals surface area contributed by atoms with Crippen LogP contribution in [-0.4, -0.2) is 5.11 Å². The van der Waals surface area contributed by atoms with Crippen LogP contribution in [0.5, 0.6) is 5.75 Å². The highest BCUT2D eigenvalue weighted by atomic mass is 16.3. The summed E-state index contributed by atoms with van der Waals surface area (Å²) in [6, 6.07) is 14.1. The molecule has 0 aliphatic heterocycles. The van der Waals surface area contributed by atoms with E-state index in [-0.39, 0.29) is 12.1 Å². The Hall–Kier alpha value is -2.00. The zero-order chi connectivity index (χ0) is 13.4. The Morgan fingerprint density at radius 1 is 1.16 bits per heavy atom. The summed E-state index contributed by atoms with van der Waals surface area (Å²) in [4.78, 5) is 0. The van der Waals surface area contributed by atoms with Crippen LogP contribution < -0.4 is 11.1 Å². The first-order valence-electron chi connectivity index (χ1n) is 6.55. The van der Waals surface area contributed by atoms with Gasteiger partial charge < -0.3 is 16.2 Å². The number of nitrogens with one attached hydrogen (secondary N) is 1. The van der Waals surface area contributed by atoms with E-state index in [2.05, 4.69) is 23.5 Å². The van der Waals surface area contributed by atoms with Crippen molar-refractivity contribution in [2.24, 2.45) is 5.73 Å². The number of rotatable bonds is 2. The first kappa shape index (κ1) is 12.1. The maximum atomic E-state index is 9.45. The number of anilines is 1. The maximum Gasteiger partial charge on any atom is 0.115 e. The number of nitrogens with two attached hydrogens (primary N) is 1. The minimum atomic E-state index is 0.103. The maximum absolute atomic E-state index is 9.45. The molecule has 0 fully saturated rings. The lowest BCUT2D eigenvalue weighted by Gasteiger charge is -2.17. The lowest BCUT2D eigenvalue weighted by Crippen LogP contribution is -2.10. The molecular weight excluding hydrogens is 236 g/mol. The monoisotopic (exact) mass is 254 g/mol. The summed E-state index contributed by atoms with van der Waals surface area (Å²) in [6.07, 6.45) is 0.902. The Balaban J connectivity index is 1.89. The van der Waals surface area contributed by atoms with E-state index in [1.165, 1.54) is 11.1 Å². The third-order valence-corrected chi connectivity index (χ3v) is 3.80. The van der Waals surface area contributed by atoms with Crippen LogP contribution in [0.1, 0.15) is 35.2 Å². The predicted octanol–water partition coefficient (Wildman–Crippen LogP) is 3.26. The van der Waals surface area contributed by atoms with Gasteiger partial charge in [0.05, 0.1) is 6.04 Å². The van der Waals surface area contributed by atoms with Crippen molar-refractivity contribution in [3.63, 3.8) is 0 Å². The fourth-order valence-corrected chi connectivity index (χ4v) is 2.81. The van der Waals surface area contributed by atoms with Gasteiger partial charge in [0.2, 0.25) is 0 Å². The van der Waals surface area contributed by atoms with E-state index in [4.69, 9.17) is 5.73 Å². The Bertz CT molecular complexity index is 609. The van der Waals surface area contributed by atoms with E-state index in [1.807, 2.05) is 19.1 Å². The zero-order valence-electron chi connectivity index (χ0n) is 10.9. The molecule has 0 heterocycles. The van der Waals surface area contributed by atoms with Crippen molar-refractivity contribution in [1.29, 1.82) is 0 Å². The van der Waals surface area contributed by atoms with Crippen molar-refractivity contribution in [3.8, 4) is 5.75 Å². The molecule has 2 unspecified atom stereocenters. The molecule has 1 aliphatic carbocycles. The molecule has 3 heteroatoms. The van der Waals surface area contributed by atoms with Gasteiger partial charge in [-0.1, -0.05) is 24.3 Å². The molecule has 3 rings (SSSR count). The molecule has 0 radical (unpaired) electrons. The molecule has 0 spiro atoms. The van der Waals surface area contributed by atoms with Crippen molar-refractivity contribution >= 4 is 5.69 Å². The average Bonchev–Trinajstić information content (AvgIpc) is 2.71. The standard InChI is InChI=1S/C16H18N2O/c1-10-8-11(19)6-7-15(10)18-16-9-14(17)12-4-2-3-5-13(12)16/h2-8,14,16,18-19H,9,17H2,1H3. The van der Waals surface area contributed by atoms with Crippen LogP contribution in [0.2, 0.25) is 0 Å². The zero-order valence-corrected chi connectivity index (χ0v) is 10.9. The van der Waals surface area contributed by atoms with Gasteiger partial charge in [-0.3, -0.25) is 0 Å². The van der Waals surface area contributed by atoms with Crippen molar-refractivity contribution in [3.05, 3.63) is 59.2 Å². The first-order chi connectivity index (χ1) is 9.15. The Morgan fingerprint density at radius 2 is 1.89 bits per heavy atom. The van der Waals surface area contributed by atoms with Crippen LogP contribution in [0.3, 0.4) is 0 Å². The second kappa shape index (κ2) is 4.59. The second-order valence-electron chi connectivity index (χ2n) is 5.17. The smallest absolute Gasteiger partial charge is 0.115 e. The SMILES string of the molecule is Cc1cc(O)ccc1NC1CC(N)c2ccccc21. The predicted molar refractivity (Wildman–Crippen MR) is 77.2 cm³/mol. The second-order valence-corrected chi connectivity index (χ2v) is 5.17. The number of benzene rings is 2. The topological polar surface area (TPSA) is 58.3 Å². The number of hydrogen-bond acceptors (Lipinski definition) is 3. The minimum Gasteiger partial charge on any atom is -0.508 e. The summed E-state index contributed by atoms with van der Waals surface area (Å²) >= 11 is 0. The number of aromatic hydroxyl groups is 1. The minimum absolute atomic E-state index is 0.103. The van der Waals surface area contributed by atoms with E-state index < -0.39 is 0 Å². The molecule has 19 heavy (non-hydrogen) atoms. The van der Waals surface area contributed by atoms with Gasteiger partial charge in [-0.05, 0) is 48.2 Å². The molecule has 0 amide bonds. The molecule has 98 valence electrons. The molecule has 0 saturated carbocycles. The van der Waals surface area contributed by atoms with E-state index >= 15 is 0 Å². The highest BCUT2D eigenvalue weighted by molar-refractivity contribution is 5.56. The van der Waals surface area contributed by atoms with Gasteiger partial charge in [0.15, 0.2) is 0 Å². The molecule has 0 aromatic heterocycles. The van der Waals surface area contributed by atoms with Crippen molar-refractivity contribution in [1.82, 2.24) is 0 Å². The van der Waals surface area contributed by atoms with E-state index in [0.29, 0.717) is 5.75 Å². The van der Waals surface area contributed by atoms with Crippen molar-refractivity contribution < 1.29 is 5.11 Å². The number of fused-ring (bicyclic) bond motifs is 1. The lowest BCUT2D eigenvalue weighted by atomic mass is 10.1. The molecule has 2 aromatic rings. The van der Waals surface area contributed by atoms with E-state index in [0.717, 1.165) is 17.7 Å². The molecular formula is C16H18N2O. The molecule has 2 atom stereocenters. The van der Waals surface area contributed by atoms with Gasteiger partial charge in [0.1, 0.15) is 5.75 Å². The molecule has 0 saturated heterocycles. The van der Waals surface area contributed by atoms with Crippen molar-refractivity contribution in [2.75, 3.05) is 5.32 Å². The van der Waals surface area contributed by atoms with Gasteiger partial charge in [-0.25, -0.2) is 0 Å². The van der Waals surface area contributed by atoms with Crippen molar-refractivity contribution in [2.45, 2.75) is 25.4 Å². The van der Waals surface area contributed by atoms with Gasteiger partial charge in [-0.15, -0.1) is 0 Å².